The molecule has 0 N–H and O–H groups in total. The molecule has 0 aromatic carbocycles. The minimum atomic E-state index is 0.118. The predicted octanol–water partition coefficient (Wildman–Crippen LogP) is 3.08. The van der Waals surface area contributed by atoms with Crippen LogP contribution in [0.15, 0.2) is 23.6 Å². The van der Waals surface area contributed by atoms with Crippen LogP contribution in [-0.4, -0.2) is 41.2 Å². The quantitative estimate of drug-likeness (QED) is 0.871. The van der Waals surface area contributed by atoms with Gasteiger partial charge in [-0.2, -0.15) is 0 Å². The lowest BCUT2D eigenvalue weighted by Crippen LogP contribution is -2.44. The SMILES string of the molecule is Cc1cc(C(=O)N2CCOC(C)C2)c(C)n1Cc1cccs1. The van der Waals surface area contributed by atoms with Crippen molar-refractivity contribution in [1.82, 2.24) is 9.47 Å². The second-order valence-electron chi connectivity index (χ2n) is 5.88. The van der Waals surface area contributed by atoms with E-state index < -0.39 is 0 Å². The molecule has 2 aromatic rings. The van der Waals surface area contributed by atoms with E-state index >= 15 is 0 Å². The summed E-state index contributed by atoms with van der Waals surface area (Å²) in [5.41, 5.74) is 3.01. The Kier molecular flexibility index (Phi) is 4.36. The summed E-state index contributed by atoms with van der Waals surface area (Å²) in [6.45, 7) is 8.94. The number of hydrogen-bond donors (Lipinski definition) is 0. The zero-order valence-corrected chi connectivity index (χ0v) is 14.2. The third-order valence-corrected chi connectivity index (χ3v) is 5.09. The fourth-order valence-corrected chi connectivity index (χ4v) is 3.69. The maximum absolute atomic E-state index is 12.8. The molecule has 0 bridgehead atoms. The van der Waals surface area contributed by atoms with Crippen molar-refractivity contribution in [1.29, 1.82) is 0 Å². The van der Waals surface area contributed by atoms with Crippen LogP contribution in [-0.2, 0) is 11.3 Å². The Labute approximate surface area is 135 Å². The second-order valence-corrected chi connectivity index (χ2v) is 6.92. The number of amides is 1. The van der Waals surface area contributed by atoms with Gasteiger partial charge in [0.25, 0.3) is 5.91 Å². The molecule has 5 heteroatoms. The molecule has 0 spiro atoms. The van der Waals surface area contributed by atoms with Crippen LogP contribution in [0.3, 0.4) is 0 Å². The zero-order valence-electron chi connectivity index (χ0n) is 13.3. The third kappa shape index (κ3) is 2.96. The normalized spacial score (nSPS) is 18.7. The van der Waals surface area contributed by atoms with Gasteiger partial charge in [0.2, 0.25) is 0 Å². The molecule has 0 radical (unpaired) electrons. The van der Waals surface area contributed by atoms with E-state index in [9.17, 15) is 4.79 Å². The average molecular weight is 318 g/mol. The summed E-state index contributed by atoms with van der Waals surface area (Å²) in [6, 6.07) is 6.22. The summed E-state index contributed by atoms with van der Waals surface area (Å²) >= 11 is 1.75. The van der Waals surface area contributed by atoms with Crippen molar-refractivity contribution < 1.29 is 9.53 Å². The van der Waals surface area contributed by atoms with Crippen molar-refractivity contribution in [2.45, 2.75) is 33.4 Å². The van der Waals surface area contributed by atoms with Gasteiger partial charge in [-0.3, -0.25) is 4.79 Å². The Hall–Kier alpha value is -1.59. The number of rotatable bonds is 3. The fraction of sp³-hybridized carbons (Fsp3) is 0.471. The van der Waals surface area contributed by atoms with E-state index in [1.807, 2.05) is 24.8 Å². The van der Waals surface area contributed by atoms with Crippen LogP contribution in [0.2, 0.25) is 0 Å². The first-order valence-corrected chi connectivity index (χ1v) is 8.54. The number of carbonyl (C=O) groups excluding carboxylic acids is 1. The average Bonchev–Trinajstić information content (AvgIpc) is 3.10. The van der Waals surface area contributed by atoms with Gasteiger partial charge in [-0.15, -0.1) is 11.3 Å². The van der Waals surface area contributed by atoms with Gasteiger partial charge in [0.05, 0.1) is 24.8 Å². The molecule has 2 aromatic heterocycles. The molecule has 1 fully saturated rings. The van der Waals surface area contributed by atoms with E-state index in [-0.39, 0.29) is 12.0 Å². The first-order chi connectivity index (χ1) is 10.6. The number of aromatic nitrogens is 1. The van der Waals surface area contributed by atoms with Gasteiger partial charge in [0.1, 0.15) is 0 Å². The number of hydrogen-bond acceptors (Lipinski definition) is 3. The lowest BCUT2D eigenvalue weighted by Gasteiger charge is -2.31. The Morgan fingerprint density at radius 1 is 1.45 bits per heavy atom. The molecule has 1 saturated heterocycles. The number of morpholine rings is 1. The summed E-state index contributed by atoms with van der Waals surface area (Å²) in [5, 5.41) is 2.09. The lowest BCUT2D eigenvalue weighted by atomic mass is 10.2. The van der Waals surface area contributed by atoms with Crippen LogP contribution in [0.25, 0.3) is 0 Å². The highest BCUT2D eigenvalue weighted by Gasteiger charge is 2.25. The van der Waals surface area contributed by atoms with Gasteiger partial charge in [0, 0.05) is 29.4 Å². The van der Waals surface area contributed by atoms with Crippen LogP contribution >= 0.6 is 11.3 Å². The standard InChI is InChI=1S/C17H22N2O2S/c1-12-9-16(17(20)18-6-7-21-13(2)10-18)14(3)19(12)11-15-5-4-8-22-15/h4-5,8-9,13H,6-7,10-11H2,1-3H3. The summed E-state index contributed by atoms with van der Waals surface area (Å²) in [4.78, 5) is 16.0. The van der Waals surface area contributed by atoms with E-state index in [0.29, 0.717) is 19.7 Å². The first-order valence-electron chi connectivity index (χ1n) is 7.66. The molecule has 22 heavy (non-hydrogen) atoms. The van der Waals surface area contributed by atoms with E-state index in [4.69, 9.17) is 4.74 Å². The minimum absolute atomic E-state index is 0.118. The number of thiophene rings is 1. The van der Waals surface area contributed by atoms with Crippen molar-refractivity contribution in [3.8, 4) is 0 Å². The van der Waals surface area contributed by atoms with Gasteiger partial charge in [-0.1, -0.05) is 6.07 Å². The van der Waals surface area contributed by atoms with E-state index in [0.717, 1.165) is 23.5 Å². The Morgan fingerprint density at radius 2 is 2.27 bits per heavy atom. The molecule has 3 rings (SSSR count). The van der Waals surface area contributed by atoms with E-state index in [2.05, 4.69) is 29.0 Å². The Bertz CT molecular complexity index is 661. The van der Waals surface area contributed by atoms with Crippen LogP contribution in [0, 0.1) is 13.8 Å². The van der Waals surface area contributed by atoms with Crippen molar-refractivity contribution >= 4 is 17.2 Å². The Balaban J connectivity index is 1.83. The molecule has 4 nitrogen and oxygen atoms in total. The largest absolute Gasteiger partial charge is 0.375 e. The number of nitrogens with zero attached hydrogens (tertiary/aromatic N) is 2. The molecular formula is C17H22N2O2S. The number of carbonyl (C=O) groups is 1. The minimum Gasteiger partial charge on any atom is -0.375 e. The maximum Gasteiger partial charge on any atom is 0.255 e. The molecule has 1 atom stereocenters. The van der Waals surface area contributed by atoms with Gasteiger partial charge >= 0.3 is 0 Å². The monoisotopic (exact) mass is 318 g/mol. The van der Waals surface area contributed by atoms with Crippen molar-refractivity contribution in [2.24, 2.45) is 0 Å². The van der Waals surface area contributed by atoms with Crippen LogP contribution in [0.5, 0.6) is 0 Å². The molecule has 118 valence electrons. The first kappa shape index (κ1) is 15.3. The molecule has 0 aliphatic carbocycles. The Morgan fingerprint density at radius 3 is 2.95 bits per heavy atom. The molecule has 3 heterocycles. The van der Waals surface area contributed by atoms with E-state index in [1.54, 1.807) is 11.3 Å². The van der Waals surface area contributed by atoms with Crippen molar-refractivity contribution in [2.75, 3.05) is 19.7 Å². The topological polar surface area (TPSA) is 34.5 Å². The summed E-state index contributed by atoms with van der Waals surface area (Å²) in [6.07, 6.45) is 0.118. The molecule has 1 amide bonds. The van der Waals surface area contributed by atoms with Crippen LogP contribution in [0.4, 0.5) is 0 Å². The molecule has 0 saturated carbocycles. The molecule has 1 unspecified atom stereocenters. The van der Waals surface area contributed by atoms with Gasteiger partial charge in [-0.25, -0.2) is 0 Å². The zero-order chi connectivity index (χ0) is 15.7. The van der Waals surface area contributed by atoms with Crippen molar-refractivity contribution in [3.63, 3.8) is 0 Å². The molecule has 1 aliphatic rings. The van der Waals surface area contributed by atoms with Crippen LogP contribution < -0.4 is 0 Å². The predicted molar refractivity (Wildman–Crippen MR) is 88.6 cm³/mol. The fourth-order valence-electron chi connectivity index (χ4n) is 2.99. The maximum atomic E-state index is 12.8. The van der Waals surface area contributed by atoms with Gasteiger partial charge in [-0.05, 0) is 38.3 Å². The molecule has 1 aliphatic heterocycles. The summed E-state index contributed by atoms with van der Waals surface area (Å²) in [5.74, 6) is 0.126. The summed E-state index contributed by atoms with van der Waals surface area (Å²) in [7, 11) is 0. The highest BCUT2D eigenvalue weighted by Crippen LogP contribution is 2.21. The smallest absolute Gasteiger partial charge is 0.255 e. The highest BCUT2D eigenvalue weighted by molar-refractivity contribution is 7.09. The second kappa shape index (κ2) is 6.26. The van der Waals surface area contributed by atoms with Crippen molar-refractivity contribution in [3.05, 3.63) is 45.4 Å². The number of aryl methyl sites for hydroxylation is 1. The third-order valence-electron chi connectivity index (χ3n) is 4.23. The van der Waals surface area contributed by atoms with E-state index in [1.165, 1.54) is 4.88 Å². The van der Waals surface area contributed by atoms with Gasteiger partial charge in [0.15, 0.2) is 0 Å². The molecular weight excluding hydrogens is 296 g/mol. The van der Waals surface area contributed by atoms with Crippen LogP contribution in [0.1, 0.15) is 33.5 Å². The number of ether oxygens (including phenoxy) is 1. The lowest BCUT2D eigenvalue weighted by molar-refractivity contribution is -0.0124. The highest BCUT2D eigenvalue weighted by atomic mass is 32.1. The summed E-state index contributed by atoms with van der Waals surface area (Å²) < 4.78 is 7.75. The van der Waals surface area contributed by atoms with Gasteiger partial charge < -0.3 is 14.2 Å².